The number of carbonyl (C=O) groups is 1. The standard InChI is InChI=1S/C41H49Cl2N5O3/c1-26-10-12-31(13-11-26)25-45(6)41(49)40-33(9-8-20-51-32-23-27(2)38(43)28(3)24-32)34-14-15-35(42)37(36-29(4)44-46(7)30(36)5)39(34)48(40)17-16-47-18-21-50-22-19-47/h10-15,23-24H,8-9,16-22,25H2,1-7H3. The van der Waals surface area contributed by atoms with Gasteiger partial charge in [-0.3, -0.25) is 14.4 Å². The lowest BCUT2D eigenvalue weighted by atomic mass is 9.98. The first-order valence-electron chi connectivity index (χ1n) is 17.8. The van der Waals surface area contributed by atoms with E-state index in [-0.39, 0.29) is 5.91 Å². The van der Waals surface area contributed by atoms with Crippen molar-refractivity contribution >= 4 is 40.0 Å². The van der Waals surface area contributed by atoms with E-state index in [1.807, 2.05) is 62.6 Å². The normalized spacial score (nSPS) is 13.7. The van der Waals surface area contributed by atoms with Crippen LogP contribution >= 0.6 is 23.2 Å². The quantitative estimate of drug-likeness (QED) is 0.121. The second-order valence-electron chi connectivity index (χ2n) is 13.9. The highest BCUT2D eigenvalue weighted by atomic mass is 35.5. The number of hydrogen-bond acceptors (Lipinski definition) is 5. The first kappa shape index (κ1) is 37.0. The van der Waals surface area contributed by atoms with Crippen molar-refractivity contribution in [3.63, 3.8) is 0 Å². The Labute approximate surface area is 311 Å². The number of ether oxygens (including phenoxy) is 2. The van der Waals surface area contributed by atoms with Crippen LogP contribution in [0.25, 0.3) is 22.0 Å². The number of benzene rings is 3. The maximum atomic E-state index is 14.9. The molecule has 0 aliphatic carbocycles. The van der Waals surface area contributed by atoms with Crippen LogP contribution < -0.4 is 4.74 Å². The maximum Gasteiger partial charge on any atom is 0.270 e. The van der Waals surface area contributed by atoms with Crippen molar-refractivity contribution in [3.05, 3.63) is 103 Å². The Morgan fingerprint density at radius 1 is 0.941 bits per heavy atom. The molecule has 0 bridgehead atoms. The summed E-state index contributed by atoms with van der Waals surface area (Å²) in [5, 5.41) is 7.20. The lowest BCUT2D eigenvalue weighted by molar-refractivity contribution is 0.0363. The van der Waals surface area contributed by atoms with Crippen molar-refractivity contribution in [2.75, 3.05) is 46.5 Å². The zero-order chi connectivity index (χ0) is 36.4. The lowest BCUT2D eigenvalue weighted by Crippen LogP contribution is -2.38. The Balaban J connectivity index is 1.46. The van der Waals surface area contributed by atoms with E-state index in [4.69, 9.17) is 37.8 Å². The van der Waals surface area contributed by atoms with Gasteiger partial charge in [0, 0.05) is 74.0 Å². The summed E-state index contributed by atoms with van der Waals surface area (Å²) in [7, 11) is 3.86. The Kier molecular flexibility index (Phi) is 11.5. The Morgan fingerprint density at radius 3 is 2.27 bits per heavy atom. The predicted octanol–water partition coefficient (Wildman–Crippen LogP) is 8.51. The number of morpholine rings is 1. The number of halogens is 2. The third-order valence-corrected chi connectivity index (χ3v) is 11.0. The van der Waals surface area contributed by atoms with Gasteiger partial charge in [-0.05, 0) is 87.9 Å². The second kappa shape index (κ2) is 15.8. The Bertz CT molecular complexity index is 2020. The van der Waals surface area contributed by atoms with Crippen LogP contribution in [0.4, 0.5) is 0 Å². The maximum absolute atomic E-state index is 14.9. The van der Waals surface area contributed by atoms with Crippen LogP contribution in [0.3, 0.4) is 0 Å². The number of rotatable bonds is 12. The average Bonchev–Trinajstić information content (AvgIpc) is 3.56. The van der Waals surface area contributed by atoms with Gasteiger partial charge in [0.2, 0.25) is 0 Å². The fraction of sp³-hybridized carbons (Fsp3) is 0.415. The Morgan fingerprint density at radius 2 is 1.63 bits per heavy atom. The minimum Gasteiger partial charge on any atom is -0.494 e. The van der Waals surface area contributed by atoms with Crippen LogP contribution in [0, 0.1) is 34.6 Å². The van der Waals surface area contributed by atoms with Crippen LogP contribution in [-0.4, -0.2) is 76.6 Å². The molecule has 1 fully saturated rings. The number of carbonyl (C=O) groups excluding carboxylic acids is 1. The number of hydrogen-bond donors (Lipinski definition) is 0. The molecule has 0 spiro atoms. The molecule has 0 atom stereocenters. The summed E-state index contributed by atoms with van der Waals surface area (Å²) >= 11 is 13.6. The molecule has 270 valence electrons. The van der Waals surface area contributed by atoms with Gasteiger partial charge >= 0.3 is 0 Å². The molecular formula is C41H49Cl2N5O3. The topological polar surface area (TPSA) is 64.8 Å². The molecule has 1 saturated heterocycles. The zero-order valence-electron chi connectivity index (χ0n) is 30.9. The highest BCUT2D eigenvalue weighted by Crippen LogP contribution is 2.42. The summed E-state index contributed by atoms with van der Waals surface area (Å²) in [6, 6.07) is 16.4. The van der Waals surface area contributed by atoms with Crippen LogP contribution in [-0.2, 0) is 31.3 Å². The van der Waals surface area contributed by atoms with Gasteiger partial charge in [-0.25, -0.2) is 0 Å². The molecule has 10 heteroatoms. The molecule has 3 heterocycles. The zero-order valence-corrected chi connectivity index (χ0v) is 32.4. The molecule has 51 heavy (non-hydrogen) atoms. The second-order valence-corrected chi connectivity index (χ2v) is 14.7. The summed E-state index contributed by atoms with van der Waals surface area (Å²) in [6.07, 6.45) is 1.37. The number of nitrogens with zero attached hydrogens (tertiary/aromatic N) is 5. The van der Waals surface area contributed by atoms with Crippen molar-refractivity contribution < 1.29 is 14.3 Å². The molecule has 8 nitrogen and oxygen atoms in total. The lowest BCUT2D eigenvalue weighted by Gasteiger charge is -2.27. The molecule has 0 saturated carbocycles. The van der Waals surface area contributed by atoms with E-state index in [1.165, 1.54) is 5.56 Å². The van der Waals surface area contributed by atoms with Crippen LogP contribution in [0.15, 0.2) is 48.5 Å². The number of aryl methyl sites for hydroxylation is 6. The van der Waals surface area contributed by atoms with E-state index in [1.54, 1.807) is 0 Å². The molecule has 1 aliphatic rings. The SMILES string of the molecule is Cc1ccc(CN(C)C(=O)c2c(CCCOc3cc(C)c(Cl)c(C)c3)c3ccc(Cl)c(-c4c(C)nn(C)c4C)c3n2CCN2CCOCC2)cc1. The molecule has 0 unspecified atom stereocenters. The van der Waals surface area contributed by atoms with Gasteiger partial charge in [-0.2, -0.15) is 5.10 Å². The molecule has 0 radical (unpaired) electrons. The van der Waals surface area contributed by atoms with Crippen LogP contribution in [0.2, 0.25) is 10.0 Å². The smallest absolute Gasteiger partial charge is 0.270 e. The van der Waals surface area contributed by atoms with Gasteiger partial charge in [-0.15, -0.1) is 0 Å². The summed E-state index contributed by atoms with van der Waals surface area (Å²) in [5.74, 6) is 0.781. The molecule has 6 rings (SSSR count). The first-order valence-corrected chi connectivity index (χ1v) is 18.5. The van der Waals surface area contributed by atoms with Crippen LogP contribution in [0.5, 0.6) is 5.75 Å². The van der Waals surface area contributed by atoms with E-state index in [9.17, 15) is 4.79 Å². The summed E-state index contributed by atoms with van der Waals surface area (Å²) in [6.45, 7) is 15.7. The third kappa shape index (κ3) is 7.85. The Hall–Kier alpha value is -3.82. The van der Waals surface area contributed by atoms with E-state index in [0.29, 0.717) is 56.5 Å². The minimum absolute atomic E-state index is 0.0182. The van der Waals surface area contributed by atoms with E-state index >= 15 is 0 Å². The van der Waals surface area contributed by atoms with Gasteiger partial charge in [-0.1, -0.05) is 59.1 Å². The minimum atomic E-state index is -0.0182. The molecule has 2 aromatic heterocycles. The molecule has 1 amide bonds. The predicted molar refractivity (Wildman–Crippen MR) is 208 cm³/mol. The fourth-order valence-electron chi connectivity index (χ4n) is 7.30. The van der Waals surface area contributed by atoms with Crippen molar-refractivity contribution in [2.24, 2.45) is 7.05 Å². The number of amides is 1. The number of fused-ring (bicyclic) bond motifs is 1. The van der Waals surface area contributed by atoms with Gasteiger partial charge in [0.05, 0.1) is 36.1 Å². The summed E-state index contributed by atoms with van der Waals surface area (Å²) < 4.78 is 16.1. The number of aromatic nitrogens is 3. The molecular weight excluding hydrogens is 681 g/mol. The van der Waals surface area contributed by atoms with E-state index in [2.05, 4.69) is 53.6 Å². The van der Waals surface area contributed by atoms with Gasteiger partial charge < -0.3 is 18.9 Å². The fourth-order valence-corrected chi connectivity index (χ4v) is 7.66. The monoisotopic (exact) mass is 729 g/mol. The molecule has 5 aromatic rings. The summed E-state index contributed by atoms with van der Waals surface area (Å²) in [5.41, 5.74) is 10.8. The highest BCUT2D eigenvalue weighted by molar-refractivity contribution is 6.35. The van der Waals surface area contributed by atoms with E-state index < -0.39 is 0 Å². The van der Waals surface area contributed by atoms with Crippen molar-refractivity contribution in [2.45, 2.75) is 60.5 Å². The molecule has 1 aliphatic heterocycles. The largest absolute Gasteiger partial charge is 0.494 e. The summed E-state index contributed by atoms with van der Waals surface area (Å²) in [4.78, 5) is 19.1. The third-order valence-electron chi connectivity index (χ3n) is 10.1. The van der Waals surface area contributed by atoms with E-state index in [0.717, 1.165) is 86.1 Å². The highest BCUT2D eigenvalue weighted by Gasteiger charge is 2.30. The van der Waals surface area contributed by atoms with Crippen molar-refractivity contribution in [1.82, 2.24) is 24.1 Å². The van der Waals surface area contributed by atoms with Gasteiger partial charge in [0.15, 0.2) is 0 Å². The molecule has 0 N–H and O–H groups in total. The average molecular weight is 731 g/mol. The van der Waals surface area contributed by atoms with Crippen LogP contribution in [0.1, 0.15) is 56.1 Å². The first-order chi connectivity index (χ1) is 24.4. The van der Waals surface area contributed by atoms with Crippen molar-refractivity contribution in [1.29, 1.82) is 0 Å². The van der Waals surface area contributed by atoms with Crippen molar-refractivity contribution in [3.8, 4) is 16.9 Å². The molecule has 3 aromatic carbocycles. The van der Waals surface area contributed by atoms with Gasteiger partial charge in [0.1, 0.15) is 11.4 Å². The van der Waals surface area contributed by atoms with Gasteiger partial charge in [0.25, 0.3) is 5.91 Å².